The van der Waals surface area contributed by atoms with Crippen LogP contribution in [0.25, 0.3) is 0 Å². The first kappa shape index (κ1) is 24.0. The first-order valence-electron chi connectivity index (χ1n) is 9.03. The van der Waals surface area contributed by atoms with Gasteiger partial charge in [-0.1, -0.05) is 24.3 Å². The van der Waals surface area contributed by atoms with Gasteiger partial charge in [0, 0.05) is 26.7 Å². The first-order valence-corrected chi connectivity index (χ1v) is 9.03. The molecule has 0 aliphatic carbocycles. The number of benzene rings is 2. The molecule has 0 bridgehead atoms. The topological polar surface area (TPSA) is 64.1 Å². The van der Waals surface area contributed by atoms with Gasteiger partial charge in [-0.3, -0.25) is 4.99 Å². The number of aliphatic imine (C=N–C) groups is 1. The maximum atomic E-state index is 5.71. The van der Waals surface area contributed by atoms with Crippen molar-refractivity contribution < 1.29 is 14.2 Å². The quantitative estimate of drug-likeness (QED) is 0.227. The highest BCUT2D eigenvalue weighted by atomic mass is 127. The Morgan fingerprint density at radius 3 is 2.36 bits per heavy atom. The smallest absolute Gasteiger partial charge is 0.191 e. The summed E-state index contributed by atoms with van der Waals surface area (Å²) in [7, 11) is 5.10. The van der Waals surface area contributed by atoms with Crippen molar-refractivity contribution in [3.8, 4) is 11.5 Å². The fraction of sp³-hybridized carbons (Fsp3) is 0.381. The molecule has 0 saturated heterocycles. The average molecular weight is 499 g/mol. The predicted molar refractivity (Wildman–Crippen MR) is 124 cm³/mol. The number of methoxy groups -OCH3 is 2. The van der Waals surface area contributed by atoms with Crippen LogP contribution in [0.5, 0.6) is 11.5 Å². The van der Waals surface area contributed by atoms with Gasteiger partial charge in [0.05, 0.1) is 20.8 Å². The highest BCUT2D eigenvalue weighted by Crippen LogP contribution is 2.12. The SMILES string of the molecule is CN=C(NCCCOCc1ccc(OC)cc1)NCc1cccc(OC)c1.I. The van der Waals surface area contributed by atoms with Gasteiger partial charge >= 0.3 is 0 Å². The van der Waals surface area contributed by atoms with Crippen molar-refractivity contribution in [2.75, 3.05) is 34.4 Å². The minimum absolute atomic E-state index is 0. The Hall–Kier alpha value is -2.00. The van der Waals surface area contributed by atoms with Crippen molar-refractivity contribution in [3.63, 3.8) is 0 Å². The Kier molecular flexibility index (Phi) is 12.1. The second kappa shape index (κ2) is 14.1. The van der Waals surface area contributed by atoms with Crippen LogP contribution in [0, 0.1) is 0 Å². The molecule has 7 heteroatoms. The van der Waals surface area contributed by atoms with Crippen LogP contribution in [0.4, 0.5) is 0 Å². The molecule has 0 unspecified atom stereocenters. The maximum Gasteiger partial charge on any atom is 0.191 e. The molecule has 0 aliphatic heterocycles. The van der Waals surface area contributed by atoms with Crippen LogP contribution in [0.2, 0.25) is 0 Å². The number of hydrogen-bond donors (Lipinski definition) is 2. The van der Waals surface area contributed by atoms with Crippen LogP contribution in [0.3, 0.4) is 0 Å². The fourth-order valence-electron chi connectivity index (χ4n) is 2.48. The summed E-state index contributed by atoms with van der Waals surface area (Å²) in [4.78, 5) is 4.24. The normalized spacial score (nSPS) is 10.8. The lowest BCUT2D eigenvalue weighted by Gasteiger charge is -2.12. The molecular weight excluding hydrogens is 469 g/mol. The minimum atomic E-state index is 0. The number of nitrogens with one attached hydrogen (secondary N) is 2. The molecule has 2 N–H and O–H groups in total. The van der Waals surface area contributed by atoms with Gasteiger partial charge in [0.2, 0.25) is 0 Å². The molecule has 0 heterocycles. The summed E-state index contributed by atoms with van der Waals surface area (Å²) >= 11 is 0. The van der Waals surface area contributed by atoms with Crippen molar-refractivity contribution >= 4 is 29.9 Å². The van der Waals surface area contributed by atoms with Gasteiger partial charge in [-0.25, -0.2) is 0 Å². The number of halogens is 1. The largest absolute Gasteiger partial charge is 0.497 e. The van der Waals surface area contributed by atoms with Crippen LogP contribution in [0.15, 0.2) is 53.5 Å². The molecule has 28 heavy (non-hydrogen) atoms. The van der Waals surface area contributed by atoms with E-state index in [4.69, 9.17) is 14.2 Å². The lowest BCUT2D eigenvalue weighted by atomic mass is 10.2. The molecule has 0 aliphatic rings. The first-order chi connectivity index (χ1) is 13.2. The number of rotatable bonds is 10. The third-order valence-electron chi connectivity index (χ3n) is 4.00. The molecule has 6 nitrogen and oxygen atoms in total. The van der Waals surface area contributed by atoms with E-state index in [1.165, 1.54) is 0 Å². The average Bonchev–Trinajstić information content (AvgIpc) is 2.73. The predicted octanol–water partition coefficient (Wildman–Crippen LogP) is 3.59. The van der Waals surface area contributed by atoms with Gasteiger partial charge in [0.15, 0.2) is 5.96 Å². The van der Waals surface area contributed by atoms with Crippen molar-refractivity contribution in [1.82, 2.24) is 10.6 Å². The van der Waals surface area contributed by atoms with E-state index in [1.54, 1.807) is 21.3 Å². The third kappa shape index (κ3) is 8.79. The number of guanidine groups is 1. The molecule has 2 aromatic rings. The van der Waals surface area contributed by atoms with E-state index >= 15 is 0 Å². The molecule has 0 atom stereocenters. The summed E-state index contributed by atoms with van der Waals surface area (Å²) in [6, 6.07) is 15.9. The summed E-state index contributed by atoms with van der Waals surface area (Å²) in [6.07, 6.45) is 0.899. The Morgan fingerprint density at radius 1 is 0.929 bits per heavy atom. The lowest BCUT2D eigenvalue weighted by molar-refractivity contribution is 0.119. The second-order valence-corrected chi connectivity index (χ2v) is 5.96. The molecule has 0 fully saturated rings. The van der Waals surface area contributed by atoms with Gasteiger partial charge in [0.1, 0.15) is 11.5 Å². The van der Waals surface area contributed by atoms with Gasteiger partial charge in [-0.2, -0.15) is 0 Å². The van der Waals surface area contributed by atoms with E-state index in [2.05, 4.69) is 21.7 Å². The summed E-state index contributed by atoms with van der Waals surface area (Å²) < 4.78 is 16.1. The van der Waals surface area contributed by atoms with Gasteiger partial charge in [-0.15, -0.1) is 24.0 Å². The van der Waals surface area contributed by atoms with E-state index in [9.17, 15) is 0 Å². The van der Waals surface area contributed by atoms with E-state index in [1.807, 2.05) is 42.5 Å². The van der Waals surface area contributed by atoms with Crippen LogP contribution in [-0.2, 0) is 17.9 Å². The van der Waals surface area contributed by atoms with Crippen LogP contribution >= 0.6 is 24.0 Å². The molecule has 2 aromatic carbocycles. The molecule has 2 rings (SSSR count). The highest BCUT2D eigenvalue weighted by Gasteiger charge is 2.00. The molecular formula is C21H30IN3O3. The fourth-order valence-corrected chi connectivity index (χ4v) is 2.48. The van der Waals surface area contributed by atoms with Crippen LogP contribution < -0.4 is 20.1 Å². The second-order valence-electron chi connectivity index (χ2n) is 5.96. The van der Waals surface area contributed by atoms with Crippen molar-refractivity contribution in [2.24, 2.45) is 4.99 Å². The summed E-state index contributed by atoms with van der Waals surface area (Å²) in [5, 5.41) is 6.59. The summed E-state index contributed by atoms with van der Waals surface area (Å²) in [5.74, 6) is 2.48. The van der Waals surface area contributed by atoms with E-state index in [-0.39, 0.29) is 24.0 Å². The molecule has 0 aromatic heterocycles. The molecule has 0 saturated carbocycles. The maximum absolute atomic E-state index is 5.71. The Balaban J connectivity index is 0.00000392. The van der Waals surface area contributed by atoms with Crippen LogP contribution in [0.1, 0.15) is 17.5 Å². The summed E-state index contributed by atoms with van der Waals surface area (Å²) in [5.41, 5.74) is 2.28. The molecule has 154 valence electrons. The zero-order valence-electron chi connectivity index (χ0n) is 16.7. The van der Waals surface area contributed by atoms with Gasteiger partial charge in [0.25, 0.3) is 0 Å². The molecule has 0 radical (unpaired) electrons. The third-order valence-corrected chi connectivity index (χ3v) is 4.00. The Bertz CT molecular complexity index is 708. The van der Waals surface area contributed by atoms with Crippen LogP contribution in [-0.4, -0.2) is 40.4 Å². The lowest BCUT2D eigenvalue weighted by Crippen LogP contribution is -2.37. The molecule has 0 spiro atoms. The van der Waals surface area contributed by atoms with Gasteiger partial charge in [-0.05, 0) is 41.8 Å². The minimum Gasteiger partial charge on any atom is -0.497 e. The van der Waals surface area contributed by atoms with Gasteiger partial charge < -0.3 is 24.8 Å². The summed E-state index contributed by atoms with van der Waals surface area (Å²) in [6.45, 7) is 2.77. The highest BCUT2D eigenvalue weighted by molar-refractivity contribution is 14.0. The standard InChI is InChI=1S/C21H29N3O3.HI/c1-22-21(24-15-18-6-4-7-20(14-18)26-3)23-12-5-13-27-16-17-8-10-19(25-2)11-9-17;/h4,6-11,14H,5,12-13,15-16H2,1-3H3,(H2,22,23,24);1H. The number of ether oxygens (including phenoxy) is 3. The van der Waals surface area contributed by atoms with E-state index in [0.717, 1.165) is 41.6 Å². The van der Waals surface area contributed by atoms with Crippen molar-refractivity contribution in [1.29, 1.82) is 0 Å². The van der Waals surface area contributed by atoms with E-state index in [0.29, 0.717) is 19.8 Å². The zero-order valence-corrected chi connectivity index (χ0v) is 19.1. The number of nitrogens with zero attached hydrogens (tertiary/aromatic N) is 1. The van der Waals surface area contributed by atoms with Crippen molar-refractivity contribution in [3.05, 3.63) is 59.7 Å². The molecule has 0 amide bonds. The number of hydrogen-bond acceptors (Lipinski definition) is 4. The monoisotopic (exact) mass is 499 g/mol. The zero-order chi connectivity index (χ0) is 19.3. The van der Waals surface area contributed by atoms with E-state index < -0.39 is 0 Å². The van der Waals surface area contributed by atoms with Crippen molar-refractivity contribution in [2.45, 2.75) is 19.6 Å². The Morgan fingerprint density at radius 2 is 1.68 bits per heavy atom. The Labute approximate surface area is 184 Å².